The van der Waals surface area contributed by atoms with Crippen LogP contribution in [0.3, 0.4) is 0 Å². The van der Waals surface area contributed by atoms with E-state index in [9.17, 15) is 0 Å². The van der Waals surface area contributed by atoms with Crippen molar-refractivity contribution >= 4 is 0 Å². The molecule has 4 nitrogen and oxygen atoms in total. The molecule has 0 radical (unpaired) electrons. The van der Waals surface area contributed by atoms with Crippen LogP contribution in [-0.4, -0.2) is 32.3 Å². The van der Waals surface area contributed by atoms with Gasteiger partial charge in [-0.05, 0) is 43.7 Å². The molecule has 1 aliphatic heterocycles. The van der Waals surface area contributed by atoms with Crippen LogP contribution in [0.4, 0.5) is 0 Å². The summed E-state index contributed by atoms with van der Waals surface area (Å²) >= 11 is 0. The quantitative estimate of drug-likeness (QED) is 0.870. The van der Waals surface area contributed by atoms with E-state index in [1.165, 1.54) is 43.6 Å². The zero-order valence-electron chi connectivity index (χ0n) is 13.2. The van der Waals surface area contributed by atoms with Gasteiger partial charge in [0.15, 0.2) is 0 Å². The van der Waals surface area contributed by atoms with Gasteiger partial charge < -0.3 is 4.57 Å². The van der Waals surface area contributed by atoms with Gasteiger partial charge in [0.05, 0.1) is 0 Å². The van der Waals surface area contributed by atoms with Gasteiger partial charge in [0.25, 0.3) is 0 Å². The summed E-state index contributed by atoms with van der Waals surface area (Å²) in [6.07, 6.45) is 7.08. The molecule has 1 aromatic heterocycles. The molecule has 1 saturated heterocycles. The average molecular weight is 296 g/mol. The monoisotopic (exact) mass is 296 g/mol. The molecule has 2 heterocycles. The van der Waals surface area contributed by atoms with Crippen LogP contribution < -0.4 is 0 Å². The first kappa shape index (κ1) is 13.9. The Labute approximate surface area is 132 Å². The Kier molecular flexibility index (Phi) is 3.70. The number of hydrogen-bond acceptors (Lipinski definition) is 3. The SMILES string of the molecule is Cn1cnnc1[C@H]1CCN(Cc2ccccc2)[C@@H](C2CC2)C1. The zero-order valence-corrected chi connectivity index (χ0v) is 13.2. The molecule has 0 N–H and O–H groups in total. The van der Waals surface area contributed by atoms with Crippen molar-refractivity contribution < 1.29 is 0 Å². The lowest BCUT2D eigenvalue weighted by Gasteiger charge is -2.39. The molecule has 1 aliphatic carbocycles. The maximum Gasteiger partial charge on any atom is 0.135 e. The molecule has 2 atom stereocenters. The van der Waals surface area contributed by atoms with Crippen LogP contribution in [0, 0.1) is 5.92 Å². The van der Waals surface area contributed by atoms with Crippen LogP contribution in [0.1, 0.15) is 43.0 Å². The largest absolute Gasteiger partial charge is 0.320 e. The van der Waals surface area contributed by atoms with Crippen LogP contribution in [0.15, 0.2) is 36.7 Å². The van der Waals surface area contributed by atoms with Crippen molar-refractivity contribution in [2.75, 3.05) is 6.54 Å². The van der Waals surface area contributed by atoms with E-state index in [0.29, 0.717) is 5.92 Å². The normalized spacial score (nSPS) is 26.2. The van der Waals surface area contributed by atoms with Gasteiger partial charge in [0.2, 0.25) is 0 Å². The summed E-state index contributed by atoms with van der Waals surface area (Å²) in [7, 11) is 2.07. The van der Waals surface area contributed by atoms with E-state index in [4.69, 9.17) is 0 Å². The summed E-state index contributed by atoms with van der Waals surface area (Å²) in [4.78, 5) is 2.71. The topological polar surface area (TPSA) is 34.0 Å². The third-order valence-corrected chi connectivity index (χ3v) is 5.27. The van der Waals surface area contributed by atoms with Gasteiger partial charge in [-0.3, -0.25) is 4.90 Å². The van der Waals surface area contributed by atoms with Crippen molar-refractivity contribution in [2.45, 2.75) is 44.2 Å². The smallest absolute Gasteiger partial charge is 0.135 e. The average Bonchev–Trinajstić information content (AvgIpc) is 3.30. The first-order valence-corrected chi connectivity index (χ1v) is 8.43. The highest BCUT2D eigenvalue weighted by Crippen LogP contribution is 2.43. The Bertz CT molecular complexity index is 617. The van der Waals surface area contributed by atoms with Crippen molar-refractivity contribution in [1.29, 1.82) is 0 Å². The number of piperidine rings is 1. The molecule has 0 amide bonds. The molecule has 0 bridgehead atoms. The van der Waals surface area contributed by atoms with E-state index in [1.807, 2.05) is 6.33 Å². The van der Waals surface area contributed by atoms with E-state index in [2.05, 4.69) is 57.0 Å². The van der Waals surface area contributed by atoms with Crippen LogP contribution in [0.5, 0.6) is 0 Å². The number of aromatic nitrogens is 3. The first-order chi connectivity index (χ1) is 10.8. The van der Waals surface area contributed by atoms with Gasteiger partial charge in [0.1, 0.15) is 12.2 Å². The molecule has 2 aliphatic rings. The van der Waals surface area contributed by atoms with E-state index in [1.54, 1.807) is 0 Å². The molecule has 1 saturated carbocycles. The third kappa shape index (κ3) is 2.80. The predicted molar refractivity (Wildman–Crippen MR) is 86.3 cm³/mol. The van der Waals surface area contributed by atoms with Gasteiger partial charge in [-0.25, -0.2) is 0 Å². The summed E-state index contributed by atoms with van der Waals surface area (Å²) in [5.41, 5.74) is 1.44. The van der Waals surface area contributed by atoms with Gasteiger partial charge in [0, 0.05) is 25.6 Å². The Morgan fingerprint density at radius 2 is 1.95 bits per heavy atom. The minimum atomic E-state index is 0.574. The maximum absolute atomic E-state index is 4.36. The Balaban J connectivity index is 1.49. The Morgan fingerprint density at radius 3 is 2.64 bits per heavy atom. The standard InChI is InChI=1S/C18H24N4/c1-21-13-19-20-18(21)16-9-10-22(17(11-16)15-7-8-15)12-14-5-3-2-4-6-14/h2-6,13,15-17H,7-12H2,1H3/t16-,17+/m0/s1. The molecule has 2 fully saturated rings. The van der Waals surface area contributed by atoms with Crippen LogP contribution in [-0.2, 0) is 13.6 Å². The van der Waals surface area contributed by atoms with Crippen molar-refractivity contribution in [1.82, 2.24) is 19.7 Å². The van der Waals surface area contributed by atoms with E-state index in [0.717, 1.165) is 18.5 Å². The molecule has 22 heavy (non-hydrogen) atoms. The molecule has 0 unspecified atom stereocenters. The fraction of sp³-hybridized carbons (Fsp3) is 0.556. The molecule has 2 aromatic rings. The molecule has 116 valence electrons. The second-order valence-corrected chi connectivity index (χ2v) is 6.88. The van der Waals surface area contributed by atoms with Gasteiger partial charge in [-0.15, -0.1) is 10.2 Å². The highest BCUT2D eigenvalue weighted by atomic mass is 15.3. The Morgan fingerprint density at radius 1 is 1.14 bits per heavy atom. The molecule has 4 rings (SSSR count). The second-order valence-electron chi connectivity index (χ2n) is 6.88. The zero-order chi connectivity index (χ0) is 14.9. The van der Waals surface area contributed by atoms with Gasteiger partial charge in [-0.2, -0.15) is 0 Å². The number of hydrogen-bond donors (Lipinski definition) is 0. The number of benzene rings is 1. The van der Waals surface area contributed by atoms with Crippen molar-refractivity contribution in [3.05, 3.63) is 48.0 Å². The van der Waals surface area contributed by atoms with E-state index >= 15 is 0 Å². The molecule has 4 heteroatoms. The van der Waals surface area contributed by atoms with Crippen molar-refractivity contribution in [3.8, 4) is 0 Å². The van der Waals surface area contributed by atoms with Crippen LogP contribution in [0.2, 0.25) is 0 Å². The minimum Gasteiger partial charge on any atom is -0.320 e. The van der Waals surface area contributed by atoms with Gasteiger partial charge >= 0.3 is 0 Å². The lowest BCUT2D eigenvalue weighted by molar-refractivity contribution is 0.107. The molecule has 1 aromatic carbocycles. The lowest BCUT2D eigenvalue weighted by atomic mass is 9.87. The van der Waals surface area contributed by atoms with E-state index < -0.39 is 0 Å². The number of nitrogens with zero attached hydrogens (tertiary/aromatic N) is 4. The van der Waals surface area contributed by atoms with Crippen LogP contribution in [0.25, 0.3) is 0 Å². The molecular weight excluding hydrogens is 272 g/mol. The minimum absolute atomic E-state index is 0.574. The molecular formula is C18H24N4. The van der Waals surface area contributed by atoms with Gasteiger partial charge in [-0.1, -0.05) is 30.3 Å². The van der Waals surface area contributed by atoms with Crippen molar-refractivity contribution in [2.24, 2.45) is 13.0 Å². The summed E-state index contributed by atoms with van der Waals surface area (Å²) in [6.45, 7) is 2.27. The summed E-state index contributed by atoms with van der Waals surface area (Å²) in [6, 6.07) is 11.6. The number of rotatable bonds is 4. The fourth-order valence-corrected chi connectivity index (χ4v) is 3.93. The fourth-order valence-electron chi connectivity index (χ4n) is 3.93. The predicted octanol–water partition coefficient (Wildman–Crippen LogP) is 2.97. The second kappa shape index (κ2) is 5.84. The highest BCUT2D eigenvalue weighted by Gasteiger charge is 2.40. The third-order valence-electron chi connectivity index (χ3n) is 5.27. The summed E-state index contributed by atoms with van der Waals surface area (Å²) in [5, 5.41) is 8.43. The first-order valence-electron chi connectivity index (χ1n) is 8.43. The molecule has 0 spiro atoms. The van der Waals surface area contributed by atoms with E-state index in [-0.39, 0.29) is 0 Å². The number of aryl methyl sites for hydroxylation is 1. The van der Waals surface area contributed by atoms with Crippen molar-refractivity contribution in [3.63, 3.8) is 0 Å². The lowest BCUT2D eigenvalue weighted by Crippen LogP contribution is -2.43. The summed E-state index contributed by atoms with van der Waals surface area (Å²) in [5.74, 6) is 2.65. The number of likely N-dealkylation sites (tertiary alicyclic amines) is 1. The highest BCUT2D eigenvalue weighted by molar-refractivity contribution is 5.15. The summed E-state index contributed by atoms with van der Waals surface area (Å²) < 4.78 is 2.10. The Hall–Kier alpha value is -1.68. The maximum atomic E-state index is 4.36. The van der Waals surface area contributed by atoms with Crippen LogP contribution >= 0.6 is 0 Å².